The van der Waals surface area contributed by atoms with E-state index in [1.807, 2.05) is 25.9 Å². The van der Waals surface area contributed by atoms with E-state index in [0.717, 1.165) is 6.54 Å². The van der Waals surface area contributed by atoms with Gasteiger partial charge in [-0.05, 0) is 34.0 Å². The highest BCUT2D eigenvalue weighted by Gasteiger charge is 2.37. The summed E-state index contributed by atoms with van der Waals surface area (Å²) in [6.45, 7) is 2.67. The predicted octanol–water partition coefficient (Wildman–Crippen LogP) is 1.97. The van der Waals surface area contributed by atoms with Gasteiger partial charge in [0.25, 0.3) is 0 Å². The number of nitrogens with zero attached hydrogens (tertiary/aromatic N) is 2. The van der Waals surface area contributed by atoms with Crippen LogP contribution in [0.2, 0.25) is 0 Å². The lowest BCUT2D eigenvalue weighted by Crippen LogP contribution is -2.29. The minimum Gasteiger partial charge on any atom is -0.478 e. The van der Waals surface area contributed by atoms with Crippen molar-refractivity contribution < 1.29 is 24.6 Å². The van der Waals surface area contributed by atoms with E-state index < -0.39 is 34.5 Å². The molecule has 2 aromatic carbocycles. The van der Waals surface area contributed by atoms with Crippen molar-refractivity contribution in [3.63, 3.8) is 0 Å². The van der Waals surface area contributed by atoms with Gasteiger partial charge in [0.05, 0.1) is 33.8 Å². The first-order valence-corrected chi connectivity index (χ1v) is 9.64. The summed E-state index contributed by atoms with van der Waals surface area (Å²) < 4.78 is 0. The Labute approximate surface area is 179 Å². The SMILES string of the molecule is CC(CCN(C)C)N=C1c2ccccc2C(=O)c2c(N)c(C(=O)O)c(C(=O)O)c(N)c21. The first-order chi connectivity index (χ1) is 14.6. The second-order valence-electron chi connectivity index (χ2n) is 7.73. The van der Waals surface area contributed by atoms with Crippen molar-refractivity contribution in [1.82, 2.24) is 4.90 Å². The molecule has 0 aromatic heterocycles. The van der Waals surface area contributed by atoms with Crippen molar-refractivity contribution in [3.8, 4) is 0 Å². The van der Waals surface area contributed by atoms with Crippen LogP contribution in [0, 0.1) is 0 Å². The Morgan fingerprint density at radius 2 is 1.52 bits per heavy atom. The molecule has 0 saturated carbocycles. The van der Waals surface area contributed by atoms with Gasteiger partial charge in [-0.2, -0.15) is 0 Å². The van der Waals surface area contributed by atoms with E-state index in [1.165, 1.54) is 0 Å². The van der Waals surface area contributed by atoms with Crippen molar-refractivity contribution in [2.24, 2.45) is 4.99 Å². The average Bonchev–Trinajstić information content (AvgIpc) is 2.70. The molecule has 0 fully saturated rings. The molecule has 0 heterocycles. The van der Waals surface area contributed by atoms with Crippen molar-refractivity contribution in [1.29, 1.82) is 0 Å². The molecule has 0 aliphatic heterocycles. The van der Waals surface area contributed by atoms with E-state index in [1.54, 1.807) is 24.3 Å². The summed E-state index contributed by atoms with van der Waals surface area (Å²) in [7, 11) is 3.88. The van der Waals surface area contributed by atoms with Crippen molar-refractivity contribution in [2.45, 2.75) is 19.4 Å². The zero-order chi connectivity index (χ0) is 23.0. The van der Waals surface area contributed by atoms with Gasteiger partial charge in [0.15, 0.2) is 5.78 Å². The topological polar surface area (TPSA) is 159 Å². The maximum absolute atomic E-state index is 13.2. The Morgan fingerprint density at radius 1 is 1.00 bits per heavy atom. The molecule has 0 saturated heterocycles. The van der Waals surface area contributed by atoms with Crippen LogP contribution in [0.25, 0.3) is 0 Å². The van der Waals surface area contributed by atoms with Gasteiger partial charge in [0.1, 0.15) is 0 Å². The Hall–Kier alpha value is -3.72. The van der Waals surface area contributed by atoms with E-state index in [2.05, 4.69) is 0 Å². The predicted molar refractivity (Wildman–Crippen MR) is 117 cm³/mol. The van der Waals surface area contributed by atoms with Crippen LogP contribution in [0.1, 0.15) is 61.1 Å². The fraction of sp³-hybridized carbons (Fsp3) is 0.273. The molecule has 1 atom stereocenters. The fourth-order valence-electron chi connectivity index (χ4n) is 3.74. The molecule has 31 heavy (non-hydrogen) atoms. The summed E-state index contributed by atoms with van der Waals surface area (Å²) >= 11 is 0. The molecular weight excluding hydrogens is 400 g/mol. The highest BCUT2D eigenvalue weighted by Crippen LogP contribution is 2.39. The van der Waals surface area contributed by atoms with Gasteiger partial charge in [-0.3, -0.25) is 9.79 Å². The fourth-order valence-corrected chi connectivity index (χ4v) is 3.74. The summed E-state index contributed by atoms with van der Waals surface area (Å²) in [4.78, 5) is 43.7. The van der Waals surface area contributed by atoms with Gasteiger partial charge in [0, 0.05) is 22.7 Å². The van der Waals surface area contributed by atoms with Gasteiger partial charge < -0.3 is 26.6 Å². The molecule has 0 bridgehead atoms. The Balaban J connectivity index is 2.39. The number of nitrogen functional groups attached to an aromatic ring is 2. The van der Waals surface area contributed by atoms with Crippen LogP contribution in [0.4, 0.5) is 11.4 Å². The monoisotopic (exact) mass is 424 g/mol. The van der Waals surface area contributed by atoms with Crippen LogP contribution in [0.15, 0.2) is 29.3 Å². The number of aromatic carboxylic acids is 2. The van der Waals surface area contributed by atoms with E-state index in [9.17, 15) is 24.6 Å². The van der Waals surface area contributed by atoms with Gasteiger partial charge in [-0.15, -0.1) is 0 Å². The number of anilines is 2. The zero-order valence-electron chi connectivity index (χ0n) is 17.5. The normalized spacial score (nSPS) is 15.0. The maximum atomic E-state index is 13.2. The lowest BCUT2D eigenvalue weighted by Gasteiger charge is -2.26. The lowest BCUT2D eigenvalue weighted by molar-refractivity contribution is 0.0653. The van der Waals surface area contributed by atoms with Gasteiger partial charge in [-0.1, -0.05) is 24.3 Å². The number of carbonyl (C=O) groups is 3. The molecule has 2 aromatic rings. The molecule has 3 rings (SSSR count). The highest BCUT2D eigenvalue weighted by molar-refractivity contribution is 6.35. The third-order valence-electron chi connectivity index (χ3n) is 5.24. The molecule has 0 amide bonds. The van der Waals surface area contributed by atoms with Crippen molar-refractivity contribution in [3.05, 3.63) is 57.6 Å². The van der Waals surface area contributed by atoms with Gasteiger partial charge in [-0.25, -0.2) is 9.59 Å². The quantitative estimate of drug-likeness (QED) is 0.437. The first-order valence-electron chi connectivity index (χ1n) is 9.64. The summed E-state index contributed by atoms with van der Waals surface area (Å²) in [5.41, 5.74) is 11.2. The maximum Gasteiger partial charge on any atom is 0.338 e. The summed E-state index contributed by atoms with van der Waals surface area (Å²) in [5.74, 6) is -3.64. The summed E-state index contributed by atoms with van der Waals surface area (Å²) in [6.07, 6.45) is 0.705. The minimum atomic E-state index is -1.58. The number of benzene rings is 2. The number of fused-ring (bicyclic) bond motifs is 2. The molecule has 6 N–H and O–H groups in total. The number of aliphatic imine (C=N–C) groups is 1. The number of carboxylic acids is 2. The highest BCUT2D eigenvalue weighted by atomic mass is 16.4. The Morgan fingerprint density at radius 3 is 2.03 bits per heavy atom. The lowest BCUT2D eigenvalue weighted by atomic mass is 9.79. The van der Waals surface area contributed by atoms with Crippen LogP contribution >= 0.6 is 0 Å². The number of rotatable bonds is 6. The summed E-state index contributed by atoms with van der Waals surface area (Å²) in [6, 6.07) is 6.54. The molecule has 9 nitrogen and oxygen atoms in total. The number of hydrogen-bond donors (Lipinski definition) is 4. The number of ketones is 1. The number of nitrogens with two attached hydrogens (primary N) is 2. The van der Waals surface area contributed by atoms with Crippen molar-refractivity contribution in [2.75, 3.05) is 32.1 Å². The summed E-state index contributed by atoms with van der Waals surface area (Å²) in [5, 5.41) is 19.3. The molecule has 9 heteroatoms. The third-order valence-corrected chi connectivity index (χ3v) is 5.24. The van der Waals surface area contributed by atoms with E-state index in [-0.39, 0.29) is 22.9 Å². The molecule has 1 unspecified atom stereocenters. The van der Waals surface area contributed by atoms with Crippen LogP contribution < -0.4 is 11.5 Å². The van der Waals surface area contributed by atoms with E-state index in [0.29, 0.717) is 23.3 Å². The van der Waals surface area contributed by atoms with E-state index in [4.69, 9.17) is 16.5 Å². The molecule has 1 aliphatic carbocycles. The van der Waals surface area contributed by atoms with E-state index >= 15 is 0 Å². The largest absolute Gasteiger partial charge is 0.478 e. The Bertz CT molecular complexity index is 1140. The standard InChI is InChI=1S/C22H24N4O5/c1-10(8-9-26(2)3)25-19-11-6-4-5-7-12(11)20(27)14-13(19)17(23)15(21(28)29)16(18(14)24)22(30)31/h4-7,10H,8-9,23-24H2,1-3H3,(H,28,29)(H,30,31). The molecular formula is C22H24N4O5. The second kappa shape index (κ2) is 8.19. The van der Waals surface area contributed by atoms with Crippen LogP contribution in [0.3, 0.4) is 0 Å². The third kappa shape index (κ3) is 3.75. The minimum absolute atomic E-state index is 0.0697. The molecule has 0 spiro atoms. The molecule has 162 valence electrons. The van der Waals surface area contributed by atoms with Crippen molar-refractivity contribution >= 4 is 34.8 Å². The number of carboxylic acid groups (broad SMARTS) is 2. The van der Waals surface area contributed by atoms with Crippen LogP contribution in [0.5, 0.6) is 0 Å². The van der Waals surface area contributed by atoms with Gasteiger partial charge >= 0.3 is 11.9 Å². The zero-order valence-corrected chi connectivity index (χ0v) is 17.5. The van der Waals surface area contributed by atoms with Gasteiger partial charge in [0.2, 0.25) is 0 Å². The number of hydrogen-bond acceptors (Lipinski definition) is 7. The molecule has 0 radical (unpaired) electrons. The molecule has 1 aliphatic rings. The average molecular weight is 424 g/mol. The second-order valence-corrected chi connectivity index (χ2v) is 7.73. The first kappa shape index (κ1) is 22.0. The van der Waals surface area contributed by atoms with Crippen LogP contribution in [-0.4, -0.2) is 65.2 Å². The Kier molecular flexibility index (Phi) is 5.81. The smallest absolute Gasteiger partial charge is 0.338 e. The van der Waals surface area contributed by atoms with Crippen LogP contribution in [-0.2, 0) is 0 Å². The number of carbonyl (C=O) groups excluding carboxylic acids is 1.